The predicted molar refractivity (Wildman–Crippen MR) is 115 cm³/mol. The Balaban J connectivity index is 1.79. The highest BCUT2D eigenvalue weighted by Crippen LogP contribution is 2.30. The Morgan fingerprint density at radius 3 is 2.24 bits per heavy atom. The predicted octanol–water partition coefficient (Wildman–Crippen LogP) is 4.26. The second kappa shape index (κ2) is 9.70. The minimum Gasteiger partial charge on any atom is -0.466 e. The summed E-state index contributed by atoms with van der Waals surface area (Å²) in [6.45, 7) is 7.61. The van der Waals surface area contributed by atoms with Gasteiger partial charge in [-0.05, 0) is 50.3 Å². The van der Waals surface area contributed by atoms with Crippen LogP contribution in [0.3, 0.4) is 0 Å². The first-order valence-electron chi connectivity index (χ1n) is 10.3. The number of esters is 1. The number of amides is 1. The number of ether oxygens (including phenoxy) is 1. The van der Waals surface area contributed by atoms with Crippen LogP contribution in [0, 0.1) is 19.8 Å². The Morgan fingerprint density at radius 1 is 1.03 bits per heavy atom. The van der Waals surface area contributed by atoms with E-state index in [2.05, 4.69) is 10.2 Å². The van der Waals surface area contributed by atoms with Crippen molar-refractivity contribution in [2.45, 2.75) is 39.7 Å². The number of hydrogen-bond acceptors (Lipinski definition) is 4. The van der Waals surface area contributed by atoms with Crippen molar-refractivity contribution in [3.63, 3.8) is 0 Å². The Hall–Kier alpha value is -2.66. The van der Waals surface area contributed by atoms with E-state index >= 15 is 0 Å². The minimum absolute atomic E-state index is 0.0387. The molecule has 1 atom stereocenters. The van der Waals surface area contributed by atoms with Gasteiger partial charge in [-0.25, -0.2) is 0 Å². The molecule has 154 valence electrons. The molecule has 1 N–H and O–H groups in total. The van der Waals surface area contributed by atoms with Crippen LogP contribution in [0.4, 0.5) is 5.69 Å². The molecule has 0 spiro atoms. The molecule has 0 saturated carbocycles. The first-order valence-corrected chi connectivity index (χ1v) is 10.3. The molecular formula is C24H30N2O3. The molecule has 0 aliphatic carbocycles. The fourth-order valence-corrected chi connectivity index (χ4v) is 4.02. The summed E-state index contributed by atoms with van der Waals surface area (Å²) in [7, 11) is 0. The van der Waals surface area contributed by atoms with Crippen LogP contribution in [0.5, 0.6) is 0 Å². The summed E-state index contributed by atoms with van der Waals surface area (Å²) in [5.41, 5.74) is 3.93. The van der Waals surface area contributed by atoms with E-state index in [-0.39, 0.29) is 17.8 Å². The zero-order valence-corrected chi connectivity index (χ0v) is 17.5. The number of hydrogen-bond donors (Lipinski definition) is 1. The molecule has 1 heterocycles. The van der Waals surface area contributed by atoms with Gasteiger partial charge in [0, 0.05) is 18.8 Å². The average molecular weight is 395 g/mol. The van der Waals surface area contributed by atoms with Gasteiger partial charge in [-0.2, -0.15) is 0 Å². The van der Waals surface area contributed by atoms with Crippen molar-refractivity contribution in [1.29, 1.82) is 0 Å². The van der Waals surface area contributed by atoms with E-state index in [1.807, 2.05) is 69.3 Å². The van der Waals surface area contributed by atoms with E-state index in [1.54, 1.807) is 0 Å². The summed E-state index contributed by atoms with van der Waals surface area (Å²) < 4.78 is 5.18. The van der Waals surface area contributed by atoms with E-state index in [9.17, 15) is 9.59 Å². The molecule has 1 aliphatic rings. The van der Waals surface area contributed by atoms with E-state index in [1.165, 1.54) is 0 Å². The highest BCUT2D eigenvalue weighted by atomic mass is 16.5. The number of carbonyl (C=O) groups is 2. The Labute approximate surface area is 173 Å². The maximum atomic E-state index is 13.4. The van der Waals surface area contributed by atoms with Gasteiger partial charge in [-0.1, -0.05) is 48.5 Å². The molecule has 0 unspecified atom stereocenters. The third kappa shape index (κ3) is 5.04. The molecular weight excluding hydrogens is 364 g/mol. The number of aryl methyl sites for hydroxylation is 2. The molecule has 29 heavy (non-hydrogen) atoms. The molecule has 0 bridgehead atoms. The lowest BCUT2D eigenvalue weighted by molar-refractivity contribution is -0.149. The first kappa shape index (κ1) is 21.1. The average Bonchev–Trinajstić information content (AvgIpc) is 2.72. The van der Waals surface area contributed by atoms with Gasteiger partial charge in [-0.15, -0.1) is 0 Å². The second-order valence-electron chi connectivity index (χ2n) is 7.63. The summed E-state index contributed by atoms with van der Waals surface area (Å²) >= 11 is 0. The van der Waals surface area contributed by atoms with Crippen LogP contribution in [0.2, 0.25) is 0 Å². The fourth-order valence-electron chi connectivity index (χ4n) is 4.02. The maximum absolute atomic E-state index is 13.4. The topological polar surface area (TPSA) is 58.6 Å². The third-order valence-corrected chi connectivity index (χ3v) is 5.61. The number of nitrogens with one attached hydrogen (secondary N) is 1. The molecule has 3 rings (SSSR count). The number of benzene rings is 2. The van der Waals surface area contributed by atoms with E-state index in [0.717, 1.165) is 22.4 Å². The highest BCUT2D eigenvalue weighted by molar-refractivity contribution is 5.96. The zero-order chi connectivity index (χ0) is 20.8. The largest absolute Gasteiger partial charge is 0.466 e. The number of para-hydroxylation sites is 1. The molecule has 5 heteroatoms. The van der Waals surface area contributed by atoms with Crippen molar-refractivity contribution in [2.75, 3.05) is 25.0 Å². The maximum Gasteiger partial charge on any atom is 0.309 e. The van der Waals surface area contributed by atoms with Gasteiger partial charge in [0.1, 0.15) is 6.04 Å². The van der Waals surface area contributed by atoms with Crippen LogP contribution < -0.4 is 5.32 Å². The smallest absolute Gasteiger partial charge is 0.309 e. The molecule has 1 saturated heterocycles. The summed E-state index contributed by atoms with van der Waals surface area (Å²) in [5, 5.41) is 3.16. The number of nitrogens with zero attached hydrogens (tertiary/aromatic N) is 1. The molecule has 5 nitrogen and oxygen atoms in total. The third-order valence-electron chi connectivity index (χ3n) is 5.61. The van der Waals surface area contributed by atoms with Gasteiger partial charge in [0.2, 0.25) is 5.91 Å². The molecule has 1 fully saturated rings. The zero-order valence-electron chi connectivity index (χ0n) is 17.5. The van der Waals surface area contributed by atoms with Gasteiger partial charge in [0.05, 0.1) is 12.5 Å². The van der Waals surface area contributed by atoms with Gasteiger partial charge in [0.15, 0.2) is 0 Å². The van der Waals surface area contributed by atoms with Crippen LogP contribution in [0.15, 0.2) is 48.5 Å². The van der Waals surface area contributed by atoms with E-state index in [0.29, 0.717) is 32.5 Å². The minimum atomic E-state index is -0.390. The number of anilines is 1. The number of likely N-dealkylation sites (tertiary alicyclic amines) is 1. The standard InChI is InChI=1S/C24H30N2O3/c1-4-29-24(28)20-13-15-26(16-14-20)22(19-11-6-5-7-12-19)23(27)25-21-17(2)9-8-10-18(21)3/h5-12,20,22H,4,13-16H2,1-3H3,(H,25,27)/t22-/m1/s1. The van der Waals surface area contributed by atoms with Gasteiger partial charge < -0.3 is 10.1 Å². The number of piperidine rings is 1. The summed E-state index contributed by atoms with van der Waals surface area (Å²) in [4.78, 5) is 27.6. The van der Waals surface area contributed by atoms with Crippen molar-refractivity contribution in [1.82, 2.24) is 4.90 Å². The van der Waals surface area contributed by atoms with Crippen LogP contribution in [-0.2, 0) is 14.3 Å². The van der Waals surface area contributed by atoms with E-state index in [4.69, 9.17) is 4.74 Å². The van der Waals surface area contributed by atoms with Crippen molar-refractivity contribution >= 4 is 17.6 Å². The lowest BCUT2D eigenvalue weighted by atomic mass is 9.93. The van der Waals surface area contributed by atoms with Crippen molar-refractivity contribution in [3.8, 4) is 0 Å². The number of carbonyl (C=O) groups excluding carboxylic acids is 2. The quantitative estimate of drug-likeness (QED) is 0.744. The molecule has 1 amide bonds. The fraction of sp³-hybridized carbons (Fsp3) is 0.417. The molecule has 1 aliphatic heterocycles. The lowest BCUT2D eigenvalue weighted by Gasteiger charge is -2.36. The Bertz CT molecular complexity index is 822. The molecule has 0 aromatic heterocycles. The van der Waals surface area contributed by atoms with Gasteiger partial charge >= 0.3 is 5.97 Å². The number of rotatable bonds is 6. The second-order valence-corrected chi connectivity index (χ2v) is 7.63. The first-order chi connectivity index (χ1) is 14.0. The summed E-state index contributed by atoms with van der Waals surface area (Å²) in [5.74, 6) is -0.240. The monoisotopic (exact) mass is 394 g/mol. The summed E-state index contributed by atoms with van der Waals surface area (Å²) in [6, 6.07) is 15.5. The van der Waals surface area contributed by atoms with Crippen molar-refractivity contribution in [3.05, 3.63) is 65.2 Å². The van der Waals surface area contributed by atoms with Crippen LogP contribution in [-0.4, -0.2) is 36.5 Å². The molecule has 2 aromatic rings. The Morgan fingerprint density at radius 2 is 1.66 bits per heavy atom. The van der Waals surface area contributed by atoms with Crippen LogP contribution >= 0.6 is 0 Å². The Kier molecular flexibility index (Phi) is 7.04. The van der Waals surface area contributed by atoms with Crippen molar-refractivity contribution < 1.29 is 14.3 Å². The van der Waals surface area contributed by atoms with Gasteiger partial charge in [0.25, 0.3) is 0 Å². The van der Waals surface area contributed by atoms with E-state index < -0.39 is 6.04 Å². The van der Waals surface area contributed by atoms with Gasteiger partial charge in [-0.3, -0.25) is 14.5 Å². The molecule has 2 aromatic carbocycles. The van der Waals surface area contributed by atoms with Crippen molar-refractivity contribution in [2.24, 2.45) is 5.92 Å². The normalized spacial score (nSPS) is 16.2. The van der Waals surface area contributed by atoms with Crippen LogP contribution in [0.25, 0.3) is 0 Å². The molecule has 0 radical (unpaired) electrons. The highest BCUT2D eigenvalue weighted by Gasteiger charge is 2.33. The summed E-state index contributed by atoms with van der Waals surface area (Å²) in [6.07, 6.45) is 1.41. The SMILES string of the molecule is CCOC(=O)C1CCN([C@@H](C(=O)Nc2c(C)cccc2C)c2ccccc2)CC1. The van der Waals surface area contributed by atoms with Crippen LogP contribution in [0.1, 0.15) is 42.5 Å². The lowest BCUT2D eigenvalue weighted by Crippen LogP contribution is -2.43.